The van der Waals surface area contributed by atoms with Gasteiger partial charge < -0.3 is 6.15 Å². The van der Waals surface area contributed by atoms with Crippen molar-refractivity contribution in [1.29, 1.82) is 0 Å². The van der Waals surface area contributed by atoms with Crippen molar-refractivity contribution in [3.63, 3.8) is 0 Å². The van der Waals surface area contributed by atoms with Crippen LogP contribution in [0.1, 0.15) is 0 Å². The van der Waals surface area contributed by atoms with Gasteiger partial charge >= 0.3 is 35.5 Å². The number of hydrogen-bond donors (Lipinski definition) is 1. The van der Waals surface area contributed by atoms with Crippen LogP contribution in [0, 0.1) is 0 Å². The zero-order valence-electron chi connectivity index (χ0n) is 4.28. The van der Waals surface area contributed by atoms with Crippen LogP contribution in [0.15, 0.2) is 0 Å². The first kappa shape index (κ1) is 9.27. The maximum atomic E-state index is 2.38. The van der Waals surface area contributed by atoms with Crippen molar-refractivity contribution >= 4 is 21.4 Å². The molecule has 32 valence electrons. The fourth-order valence-electron chi connectivity index (χ4n) is 0. The van der Waals surface area contributed by atoms with Crippen molar-refractivity contribution in [2.75, 3.05) is 0 Å². The van der Waals surface area contributed by atoms with Crippen LogP contribution < -0.4 is 6.15 Å². The van der Waals surface area contributed by atoms with Gasteiger partial charge in [-0.2, -0.15) is 0 Å². The van der Waals surface area contributed by atoms with Crippen LogP contribution in [0.3, 0.4) is 0 Å². The van der Waals surface area contributed by atoms with Crippen LogP contribution in [0.25, 0.3) is 0 Å². The molecule has 0 aliphatic carbocycles. The van der Waals surface area contributed by atoms with Crippen molar-refractivity contribution in [3.8, 4) is 0 Å². The van der Waals surface area contributed by atoms with E-state index < -0.39 is 21.4 Å². The predicted octanol–water partition coefficient (Wildman–Crippen LogP) is 1.53. The second-order valence-corrected chi connectivity index (χ2v) is 11.6. The molecule has 0 radical (unpaired) electrons. The third kappa shape index (κ3) is 56.1. The third-order valence-electron chi connectivity index (χ3n) is 0. The van der Waals surface area contributed by atoms with Gasteiger partial charge in [0, 0.05) is 0 Å². The van der Waals surface area contributed by atoms with Gasteiger partial charge in [-0.1, -0.05) is 0 Å². The van der Waals surface area contributed by atoms with Crippen molar-refractivity contribution < 1.29 is 0 Å². The van der Waals surface area contributed by atoms with Gasteiger partial charge in [0.05, 0.1) is 0 Å². The topological polar surface area (TPSA) is 35.0 Å². The summed E-state index contributed by atoms with van der Waals surface area (Å²) in [6, 6.07) is 0. The SMILES string of the molecule is N.[CH3][In]([CH3])[CH3]. The van der Waals surface area contributed by atoms with Crippen molar-refractivity contribution in [1.82, 2.24) is 6.15 Å². The van der Waals surface area contributed by atoms with Gasteiger partial charge in [-0.15, -0.1) is 0 Å². The molecule has 0 atom stereocenters. The molecule has 0 saturated carbocycles. The summed E-state index contributed by atoms with van der Waals surface area (Å²) in [6.07, 6.45) is 0. The summed E-state index contributed by atoms with van der Waals surface area (Å²) in [6.45, 7) is 0. The molecule has 0 bridgehead atoms. The van der Waals surface area contributed by atoms with E-state index in [9.17, 15) is 0 Å². The molecule has 0 rings (SSSR count). The Kier molecular flexibility index (Phi) is 8.96. The summed E-state index contributed by atoms with van der Waals surface area (Å²) >= 11 is -0.637. The molecule has 0 aromatic heterocycles. The summed E-state index contributed by atoms with van der Waals surface area (Å²) in [5.41, 5.74) is 0. The van der Waals surface area contributed by atoms with Crippen molar-refractivity contribution in [2.24, 2.45) is 0 Å². The van der Waals surface area contributed by atoms with Gasteiger partial charge in [0.2, 0.25) is 0 Å². The summed E-state index contributed by atoms with van der Waals surface area (Å²) < 4.78 is 7.13. The van der Waals surface area contributed by atoms with Gasteiger partial charge in [-0.25, -0.2) is 0 Å². The Balaban J connectivity index is 0. The molecule has 0 aromatic rings. The molecule has 1 nitrogen and oxygen atoms in total. The summed E-state index contributed by atoms with van der Waals surface area (Å²) in [5, 5.41) is 0. The Morgan fingerprint density at radius 2 is 1.00 bits per heavy atom. The maximum absolute atomic E-state index is 2.38. The molecule has 0 unspecified atom stereocenters. The monoisotopic (exact) mass is 177 g/mol. The molecule has 0 saturated heterocycles. The first-order valence-corrected chi connectivity index (χ1v) is 11.6. The molecule has 0 fully saturated rings. The van der Waals surface area contributed by atoms with Crippen molar-refractivity contribution in [2.45, 2.75) is 14.0 Å². The van der Waals surface area contributed by atoms with E-state index in [1.165, 1.54) is 0 Å². The summed E-state index contributed by atoms with van der Waals surface area (Å²) in [5.74, 6) is 0. The molecule has 2 heteroatoms. The van der Waals surface area contributed by atoms with E-state index in [4.69, 9.17) is 0 Å². The molecule has 0 amide bonds. The fraction of sp³-hybridized carbons (Fsp3) is 1.00. The van der Waals surface area contributed by atoms with E-state index in [0.29, 0.717) is 0 Å². The van der Waals surface area contributed by atoms with Crippen LogP contribution >= 0.6 is 0 Å². The zero-order valence-corrected chi connectivity index (χ0v) is 7.58. The van der Waals surface area contributed by atoms with Crippen LogP contribution in [0.5, 0.6) is 0 Å². The minimum atomic E-state index is -0.637. The molecule has 0 spiro atoms. The molecular weight excluding hydrogens is 165 g/mol. The van der Waals surface area contributed by atoms with Gasteiger partial charge in [0.1, 0.15) is 0 Å². The molecule has 0 aromatic carbocycles. The second-order valence-electron chi connectivity index (χ2n) is 1.73. The Morgan fingerprint density at radius 3 is 1.00 bits per heavy atom. The summed E-state index contributed by atoms with van der Waals surface area (Å²) in [4.78, 5) is 0. The van der Waals surface area contributed by atoms with E-state index in [1.807, 2.05) is 0 Å². The Morgan fingerprint density at radius 1 is 1.00 bits per heavy atom. The predicted molar refractivity (Wildman–Crippen MR) is 28.4 cm³/mol. The average molecular weight is 177 g/mol. The van der Waals surface area contributed by atoms with E-state index >= 15 is 0 Å². The first-order valence-electron chi connectivity index (χ1n) is 1.73. The second kappa shape index (κ2) is 4.83. The summed E-state index contributed by atoms with van der Waals surface area (Å²) in [7, 11) is 0. The molecule has 0 aliphatic rings. The Labute approximate surface area is 41.9 Å². The van der Waals surface area contributed by atoms with Gasteiger partial charge in [-0.3, -0.25) is 0 Å². The van der Waals surface area contributed by atoms with E-state index in [2.05, 4.69) is 14.0 Å². The Bertz CT molecular complexity index is 11.6. The van der Waals surface area contributed by atoms with Crippen LogP contribution in [0.2, 0.25) is 14.0 Å². The molecule has 3 N–H and O–H groups in total. The minimum absolute atomic E-state index is 0. The van der Waals surface area contributed by atoms with E-state index in [1.54, 1.807) is 0 Å². The van der Waals surface area contributed by atoms with Crippen LogP contribution in [-0.4, -0.2) is 21.4 Å². The van der Waals surface area contributed by atoms with Crippen molar-refractivity contribution in [3.05, 3.63) is 0 Å². The quantitative estimate of drug-likeness (QED) is 0.598. The van der Waals surface area contributed by atoms with Gasteiger partial charge in [0.25, 0.3) is 0 Å². The average Bonchev–Trinajstić information content (AvgIpc) is 0.811. The molecule has 0 heterocycles. The number of hydrogen-bond acceptors (Lipinski definition) is 1. The van der Waals surface area contributed by atoms with E-state index in [0.717, 1.165) is 0 Å². The zero-order chi connectivity index (χ0) is 3.58. The third-order valence-corrected chi connectivity index (χ3v) is 0. The number of rotatable bonds is 0. The van der Waals surface area contributed by atoms with Crippen LogP contribution in [0.4, 0.5) is 0 Å². The molecular formula is C3H12InN. The Hall–Kier alpha value is 0.830. The molecule has 5 heavy (non-hydrogen) atoms. The van der Waals surface area contributed by atoms with Gasteiger partial charge in [-0.05, 0) is 0 Å². The first-order chi connectivity index (χ1) is 1.73. The van der Waals surface area contributed by atoms with E-state index in [-0.39, 0.29) is 6.15 Å². The molecule has 0 aliphatic heterocycles. The van der Waals surface area contributed by atoms with Gasteiger partial charge in [0.15, 0.2) is 0 Å². The standard InChI is InChI=1S/3CH3.In.H3N/h3*1H3;;1H3. The normalized spacial score (nSPS) is 5.40. The van der Waals surface area contributed by atoms with Crippen LogP contribution in [-0.2, 0) is 0 Å². The fourth-order valence-corrected chi connectivity index (χ4v) is 0.